The van der Waals surface area contributed by atoms with Gasteiger partial charge in [-0.2, -0.15) is 0 Å². The fourth-order valence-electron chi connectivity index (χ4n) is 10.3. The van der Waals surface area contributed by atoms with Crippen LogP contribution in [0, 0.1) is 35.0 Å². The van der Waals surface area contributed by atoms with Crippen LogP contribution >= 0.6 is 15.9 Å². The minimum absolute atomic E-state index is 0.0411. The van der Waals surface area contributed by atoms with Crippen LogP contribution in [0.5, 0.6) is 0 Å². The average molecular weight is 884 g/mol. The number of hydrogen-bond acceptors (Lipinski definition) is 10. The van der Waals surface area contributed by atoms with Crippen molar-refractivity contribution in [1.29, 1.82) is 0 Å². The lowest BCUT2D eigenvalue weighted by atomic mass is 9.66. The molecule has 2 heterocycles. The molecule has 0 saturated heterocycles. The summed E-state index contributed by atoms with van der Waals surface area (Å²) < 4.78 is 12.2. The van der Waals surface area contributed by atoms with E-state index in [1.165, 1.54) is 11.1 Å². The number of aliphatic imine (C=N–C) groups is 2. The Morgan fingerprint density at radius 2 is 1.08 bits per heavy atom. The topological polar surface area (TPSA) is 120 Å². The first-order valence-corrected chi connectivity index (χ1v) is 21.9. The Hall–Kier alpha value is -5.14. The third kappa shape index (κ3) is 7.84. The van der Waals surface area contributed by atoms with Gasteiger partial charge < -0.3 is 20.9 Å². The van der Waals surface area contributed by atoms with Crippen LogP contribution in [0.25, 0.3) is 0 Å². The largest absolute Gasteiger partial charge is 0.381 e. The van der Waals surface area contributed by atoms with Crippen molar-refractivity contribution >= 4 is 27.8 Å². The van der Waals surface area contributed by atoms with Crippen molar-refractivity contribution in [2.75, 3.05) is 28.3 Å². The second-order valence-corrected chi connectivity index (χ2v) is 17.9. The number of hydroxylamine groups is 4. The number of nitrogens with zero attached hydrogens (tertiary/aromatic N) is 4. The quantitative estimate of drug-likeness (QED) is 0.194. The Labute approximate surface area is 368 Å². The second kappa shape index (κ2) is 17.3. The lowest BCUT2D eigenvalue weighted by Crippen LogP contribution is -2.46. The van der Waals surface area contributed by atoms with Crippen molar-refractivity contribution in [3.63, 3.8) is 0 Å². The van der Waals surface area contributed by atoms with Gasteiger partial charge in [0, 0.05) is 71.4 Å². The first kappa shape index (κ1) is 42.5. The SMILES string of the molecule is C#Cc1ccccc1.COC1CCC2(CC1)Cc1ccc(Br)cc1C21N=C(N)N(C)O1.COC1CCC2(CC1)Cc1ccc(C#Cc3ccccc3)cc1C21N=C(N)N(C)O1. The molecule has 2 saturated carbocycles. The molecule has 2 aliphatic heterocycles. The van der Waals surface area contributed by atoms with Crippen molar-refractivity contribution in [1.82, 2.24) is 10.1 Å². The maximum absolute atomic E-state index is 6.44. The molecule has 10 rings (SSSR count). The molecular weight excluding hydrogens is 828 g/mol. The van der Waals surface area contributed by atoms with Crippen LogP contribution in [-0.4, -0.2) is 62.6 Å². The smallest absolute Gasteiger partial charge is 0.220 e. The number of guanidine groups is 2. The summed E-state index contributed by atoms with van der Waals surface area (Å²) >= 11 is 3.59. The van der Waals surface area contributed by atoms with Crippen LogP contribution in [0.3, 0.4) is 0 Å². The number of nitrogens with two attached hydrogens (primary N) is 2. The van der Waals surface area contributed by atoms with Crippen molar-refractivity contribution in [3.05, 3.63) is 140 Å². The first-order chi connectivity index (χ1) is 29.5. The maximum atomic E-state index is 6.44. The minimum Gasteiger partial charge on any atom is -0.381 e. The molecule has 2 unspecified atom stereocenters. The fraction of sp³-hybridized carbons (Fsp3) is 0.400. The number of ether oxygens (including phenoxy) is 2. The maximum Gasteiger partial charge on any atom is 0.220 e. The molecule has 2 atom stereocenters. The average Bonchev–Trinajstić information content (AvgIpc) is 3.94. The highest BCUT2D eigenvalue weighted by molar-refractivity contribution is 9.10. The van der Waals surface area contributed by atoms with E-state index in [1.54, 1.807) is 24.3 Å². The second-order valence-electron chi connectivity index (χ2n) is 17.0. The predicted molar refractivity (Wildman–Crippen MR) is 242 cm³/mol. The Kier molecular flexibility index (Phi) is 12.1. The first-order valence-electron chi connectivity index (χ1n) is 21.1. The zero-order valence-electron chi connectivity index (χ0n) is 35.5. The monoisotopic (exact) mass is 882 g/mol. The molecule has 4 N–H and O–H groups in total. The van der Waals surface area contributed by atoms with E-state index in [9.17, 15) is 0 Å². The molecule has 0 bridgehead atoms. The van der Waals surface area contributed by atoms with Crippen LogP contribution in [0.1, 0.15) is 90.3 Å². The molecule has 4 aromatic carbocycles. The van der Waals surface area contributed by atoms with Gasteiger partial charge in [-0.3, -0.25) is 0 Å². The Morgan fingerprint density at radius 3 is 1.51 bits per heavy atom. The molecule has 4 aliphatic carbocycles. The molecule has 6 aliphatic rings. The summed E-state index contributed by atoms with van der Waals surface area (Å²) in [5.74, 6) is 9.97. The van der Waals surface area contributed by atoms with Gasteiger partial charge in [0.2, 0.25) is 23.4 Å². The molecule has 0 radical (unpaired) electrons. The predicted octanol–water partition coefficient (Wildman–Crippen LogP) is 8.16. The molecular formula is C50H55BrN6O4. The summed E-state index contributed by atoms with van der Waals surface area (Å²) in [6.45, 7) is 0. The number of hydrogen-bond donors (Lipinski definition) is 2. The van der Waals surface area contributed by atoms with Gasteiger partial charge in [0.1, 0.15) is 0 Å². The summed E-state index contributed by atoms with van der Waals surface area (Å²) in [5, 5.41) is 3.22. The summed E-state index contributed by atoms with van der Waals surface area (Å²) in [7, 11) is 7.27. The van der Waals surface area contributed by atoms with Gasteiger partial charge in [-0.1, -0.05) is 82.2 Å². The van der Waals surface area contributed by atoms with Gasteiger partial charge in [0.05, 0.1) is 12.2 Å². The highest BCUT2D eigenvalue weighted by atomic mass is 79.9. The zero-order valence-corrected chi connectivity index (χ0v) is 37.1. The van der Waals surface area contributed by atoms with E-state index in [0.29, 0.717) is 24.1 Å². The van der Waals surface area contributed by atoms with Crippen molar-refractivity contribution in [2.45, 2.75) is 87.9 Å². The van der Waals surface area contributed by atoms with Crippen molar-refractivity contribution in [2.24, 2.45) is 32.3 Å². The van der Waals surface area contributed by atoms with E-state index in [4.69, 9.17) is 47.0 Å². The highest BCUT2D eigenvalue weighted by Gasteiger charge is 2.64. The van der Waals surface area contributed by atoms with E-state index < -0.39 is 11.4 Å². The van der Waals surface area contributed by atoms with E-state index in [-0.39, 0.29) is 10.8 Å². The van der Waals surface area contributed by atoms with Gasteiger partial charge >= 0.3 is 0 Å². The van der Waals surface area contributed by atoms with Gasteiger partial charge in [-0.05, 0) is 124 Å². The van der Waals surface area contributed by atoms with Crippen LogP contribution in [0.15, 0.2) is 112 Å². The van der Waals surface area contributed by atoms with E-state index in [1.807, 2.05) is 74.8 Å². The molecule has 2 fully saturated rings. The van der Waals surface area contributed by atoms with Gasteiger partial charge in [0.25, 0.3) is 0 Å². The lowest BCUT2D eigenvalue weighted by Gasteiger charge is -2.45. The summed E-state index contributed by atoms with van der Waals surface area (Å²) in [4.78, 5) is 22.5. The van der Waals surface area contributed by atoms with Crippen molar-refractivity contribution < 1.29 is 19.1 Å². The third-order valence-corrected chi connectivity index (χ3v) is 14.1. The van der Waals surface area contributed by atoms with E-state index >= 15 is 0 Å². The van der Waals surface area contributed by atoms with Gasteiger partial charge in [-0.25, -0.2) is 29.8 Å². The molecule has 11 heteroatoms. The number of benzene rings is 4. The molecule has 61 heavy (non-hydrogen) atoms. The number of rotatable bonds is 2. The molecule has 4 aromatic rings. The van der Waals surface area contributed by atoms with Crippen LogP contribution in [-0.2, 0) is 43.4 Å². The summed E-state index contributed by atoms with van der Waals surface area (Å²) in [6.07, 6.45) is 15.8. The molecule has 10 nitrogen and oxygen atoms in total. The van der Waals surface area contributed by atoms with Crippen LogP contribution < -0.4 is 11.5 Å². The van der Waals surface area contributed by atoms with Crippen LogP contribution in [0.4, 0.5) is 0 Å². The summed E-state index contributed by atoms with van der Waals surface area (Å²) in [5.41, 5.74) is 18.4. The molecule has 316 valence electrons. The highest BCUT2D eigenvalue weighted by Crippen LogP contribution is 2.63. The number of halogens is 1. The van der Waals surface area contributed by atoms with Gasteiger partial charge in [0.15, 0.2) is 0 Å². The fourth-order valence-corrected chi connectivity index (χ4v) is 10.7. The lowest BCUT2D eigenvalue weighted by molar-refractivity contribution is -0.232. The Bertz CT molecular complexity index is 2390. The number of methoxy groups -OCH3 is 2. The number of fused-ring (bicyclic) bond motifs is 6. The Balaban J connectivity index is 0.000000146. The van der Waals surface area contributed by atoms with Crippen LogP contribution in [0.2, 0.25) is 0 Å². The molecule has 0 amide bonds. The zero-order chi connectivity index (χ0) is 42.8. The standard InChI is InChI=1S/C25H27N3O2.C17H22BrN3O2.C8H6/c1-28-23(26)27-25(30-28)22-16-19(9-8-18-6-4-3-5-7-18)10-11-20(22)17-24(25)14-12-21(29-2)13-15-24;1-21-15(19)20-17(23-21)14-9-12(18)4-3-11(14)10-16(17)7-5-13(22-2)6-8-16;1-2-8-6-4-3-5-7-8/h3-7,10-11,16,21H,12-15,17H2,1-2H3,(H2,26,27);3-4,9,13H,5-8,10H2,1-2H3,(H2,19,20);1,3-7H. The van der Waals surface area contributed by atoms with E-state index in [0.717, 1.165) is 96.5 Å². The minimum atomic E-state index is -0.773. The van der Waals surface area contributed by atoms with E-state index in [2.05, 4.69) is 70.1 Å². The Morgan fingerprint density at radius 1 is 0.639 bits per heavy atom. The van der Waals surface area contributed by atoms with Gasteiger partial charge in [-0.15, -0.1) is 6.42 Å². The molecule has 0 aromatic heterocycles. The molecule has 4 spiro atoms. The van der Waals surface area contributed by atoms with Crippen molar-refractivity contribution in [3.8, 4) is 24.2 Å². The third-order valence-electron chi connectivity index (χ3n) is 13.6. The number of terminal acetylenes is 1. The summed E-state index contributed by atoms with van der Waals surface area (Å²) in [6, 6.07) is 32.5. The normalized spacial score (nSPS) is 29.1.